The summed E-state index contributed by atoms with van der Waals surface area (Å²) in [6.45, 7) is 2.12. The van der Waals surface area contributed by atoms with Crippen molar-refractivity contribution in [3.63, 3.8) is 0 Å². The molecule has 0 fully saturated rings. The van der Waals surface area contributed by atoms with Crippen LogP contribution in [0.15, 0.2) is 24.3 Å². The van der Waals surface area contributed by atoms with Gasteiger partial charge in [0.15, 0.2) is 0 Å². The maximum Gasteiger partial charge on any atom is 0.132 e. The number of aromatic nitrogens is 1. The predicted molar refractivity (Wildman–Crippen MR) is 65.1 cm³/mol. The van der Waals surface area contributed by atoms with E-state index in [9.17, 15) is 4.39 Å². The Bertz CT molecular complexity index is 502. The molecule has 1 heterocycles. The lowest BCUT2D eigenvalue weighted by Crippen LogP contribution is -2.24. The molecule has 2 nitrogen and oxygen atoms in total. The van der Waals surface area contributed by atoms with Crippen molar-refractivity contribution in [1.82, 2.24) is 9.88 Å². The Morgan fingerprint density at radius 3 is 2.81 bits per heavy atom. The average molecular weight is 220 g/mol. The van der Waals surface area contributed by atoms with Crippen molar-refractivity contribution in [2.24, 2.45) is 7.05 Å². The van der Waals surface area contributed by atoms with Gasteiger partial charge in [-0.25, -0.2) is 4.39 Å². The van der Waals surface area contributed by atoms with Gasteiger partial charge in [0.25, 0.3) is 0 Å². The first-order chi connectivity index (χ1) is 7.63. The van der Waals surface area contributed by atoms with Crippen molar-refractivity contribution in [2.45, 2.75) is 19.4 Å². The fourth-order valence-electron chi connectivity index (χ4n) is 1.99. The molecule has 0 spiro atoms. The first-order valence-corrected chi connectivity index (χ1v) is 5.53. The van der Waals surface area contributed by atoms with Crippen molar-refractivity contribution in [3.8, 4) is 0 Å². The van der Waals surface area contributed by atoms with Crippen LogP contribution in [0.25, 0.3) is 10.9 Å². The van der Waals surface area contributed by atoms with E-state index in [-0.39, 0.29) is 5.82 Å². The lowest BCUT2D eigenvalue weighted by molar-refractivity contribution is 0.591. The summed E-state index contributed by atoms with van der Waals surface area (Å²) < 4.78 is 15.6. The minimum atomic E-state index is -0.142. The molecule has 3 heteroatoms. The number of likely N-dealkylation sites (N-methyl/N-ethyl adjacent to an activating group) is 1. The maximum atomic E-state index is 13.6. The van der Waals surface area contributed by atoms with Gasteiger partial charge in [-0.05, 0) is 32.2 Å². The smallest absolute Gasteiger partial charge is 0.132 e. The topological polar surface area (TPSA) is 17.0 Å². The second-order valence-electron chi connectivity index (χ2n) is 4.26. The van der Waals surface area contributed by atoms with E-state index in [2.05, 4.69) is 16.8 Å². The standard InChI is InChI=1S/C13H17FN2/c1-9(15-2)7-10-8-11-12(14)5-4-6-13(11)16(10)3/h4-6,8-9,15H,7H2,1-3H3. The Labute approximate surface area is 95.1 Å². The van der Waals surface area contributed by atoms with E-state index in [1.54, 1.807) is 6.07 Å². The van der Waals surface area contributed by atoms with E-state index in [1.165, 1.54) is 6.07 Å². The van der Waals surface area contributed by atoms with Crippen molar-refractivity contribution in [1.29, 1.82) is 0 Å². The molecule has 0 aliphatic carbocycles. The number of nitrogens with zero attached hydrogens (tertiary/aromatic N) is 1. The molecule has 1 aromatic carbocycles. The fraction of sp³-hybridized carbons (Fsp3) is 0.385. The molecular weight excluding hydrogens is 203 g/mol. The number of aryl methyl sites for hydroxylation is 1. The molecule has 16 heavy (non-hydrogen) atoms. The van der Waals surface area contributed by atoms with Gasteiger partial charge in [-0.1, -0.05) is 6.07 Å². The summed E-state index contributed by atoms with van der Waals surface area (Å²) in [6, 6.07) is 7.55. The van der Waals surface area contributed by atoms with Crippen LogP contribution >= 0.6 is 0 Å². The van der Waals surface area contributed by atoms with Gasteiger partial charge in [-0.2, -0.15) is 0 Å². The Hall–Kier alpha value is -1.35. The van der Waals surface area contributed by atoms with E-state index in [0.717, 1.165) is 17.6 Å². The Kier molecular flexibility index (Phi) is 2.97. The highest BCUT2D eigenvalue weighted by Gasteiger charge is 2.10. The third-order valence-corrected chi connectivity index (χ3v) is 3.14. The molecule has 2 aromatic rings. The maximum absolute atomic E-state index is 13.6. The number of fused-ring (bicyclic) bond motifs is 1. The number of hydrogen-bond acceptors (Lipinski definition) is 1. The summed E-state index contributed by atoms with van der Waals surface area (Å²) >= 11 is 0. The molecule has 1 atom stereocenters. The van der Waals surface area contributed by atoms with Gasteiger partial charge in [0.2, 0.25) is 0 Å². The molecule has 86 valence electrons. The van der Waals surface area contributed by atoms with Crippen LogP contribution in [-0.2, 0) is 13.5 Å². The van der Waals surface area contributed by atoms with Gasteiger partial charge < -0.3 is 9.88 Å². The zero-order valence-corrected chi connectivity index (χ0v) is 9.92. The van der Waals surface area contributed by atoms with Gasteiger partial charge >= 0.3 is 0 Å². The molecule has 1 aromatic heterocycles. The lowest BCUT2D eigenvalue weighted by atomic mass is 10.2. The van der Waals surface area contributed by atoms with E-state index in [1.807, 2.05) is 26.2 Å². The van der Waals surface area contributed by atoms with Gasteiger partial charge in [0.05, 0.1) is 5.52 Å². The summed E-state index contributed by atoms with van der Waals surface area (Å²) in [6.07, 6.45) is 0.904. The van der Waals surface area contributed by atoms with E-state index in [0.29, 0.717) is 11.4 Å². The second kappa shape index (κ2) is 4.26. The van der Waals surface area contributed by atoms with Crippen LogP contribution < -0.4 is 5.32 Å². The summed E-state index contributed by atoms with van der Waals surface area (Å²) in [4.78, 5) is 0. The molecule has 2 rings (SSSR count). The predicted octanol–water partition coefficient (Wildman–Crippen LogP) is 2.47. The van der Waals surface area contributed by atoms with Crippen molar-refractivity contribution in [3.05, 3.63) is 35.8 Å². The molecule has 1 N–H and O–H groups in total. The van der Waals surface area contributed by atoms with Gasteiger partial charge in [-0.15, -0.1) is 0 Å². The molecule has 0 bridgehead atoms. The molecule has 0 amide bonds. The first kappa shape index (κ1) is 11.1. The first-order valence-electron chi connectivity index (χ1n) is 5.53. The minimum absolute atomic E-state index is 0.142. The fourth-order valence-corrected chi connectivity index (χ4v) is 1.99. The average Bonchev–Trinajstić information content (AvgIpc) is 2.58. The van der Waals surface area contributed by atoms with E-state index in [4.69, 9.17) is 0 Å². The number of halogens is 1. The quantitative estimate of drug-likeness (QED) is 0.840. The monoisotopic (exact) mass is 220 g/mol. The van der Waals surface area contributed by atoms with Gasteiger partial charge in [0.1, 0.15) is 5.82 Å². The highest BCUT2D eigenvalue weighted by atomic mass is 19.1. The zero-order chi connectivity index (χ0) is 11.7. The normalized spacial score (nSPS) is 13.2. The highest BCUT2D eigenvalue weighted by Crippen LogP contribution is 2.22. The molecule has 0 saturated carbocycles. The Balaban J connectivity index is 2.48. The third-order valence-electron chi connectivity index (χ3n) is 3.14. The second-order valence-corrected chi connectivity index (χ2v) is 4.26. The molecule has 0 radical (unpaired) electrons. The highest BCUT2D eigenvalue weighted by molar-refractivity contribution is 5.81. The Morgan fingerprint density at radius 1 is 1.44 bits per heavy atom. The van der Waals surface area contributed by atoms with Crippen molar-refractivity contribution >= 4 is 10.9 Å². The van der Waals surface area contributed by atoms with Crippen LogP contribution in [0.5, 0.6) is 0 Å². The number of hydrogen-bond donors (Lipinski definition) is 1. The van der Waals surface area contributed by atoms with Gasteiger partial charge in [-0.3, -0.25) is 0 Å². The third kappa shape index (κ3) is 1.83. The zero-order valence-electron chi connectivity index (χ0n) is 9.92. The summed E-state index contributed by atoms with van der Waals surface area (Å²) in [5.41, 5.74) is 2.11. The van der Waals surface area contributed by atoms with Crippen molar-refractivity contribution in [2.75, 3.05) is 7.05 Å². The Morgan fingerprint density at radius 2 is 2.19 bits per heavy atom. The minimum Gasteiger partial charge on any atom is -0.348 e. The van der Waals surface area contributed by atoms with Crippen LogP contribution in [0.3, 0.4) is 0 Å². The SMILES string of the molecule is CNC(C)Cc1cc2c(F)cccc2n1C. The molecule has 0 aliphatic heterocycles. The van der Waals surface area contributed by atoms with E-state index < -0.39 is 0 Å². The molecule has 0 aliphatic rings. The lowest BCUT2D eigenvalue weighted by Gasteiger charge is -2.10. The van der Waals surface area contributed by atoms with Crippen LogP contribution in [0.1, 0.15) is 12.6 Å². The molecule has 0 saturated heterocycles. The van der Waals surface area contributed by atoms with Crippen LogP contribution in [0.2, 0.25) is 0 Å². The largest absolute Gasteiger partial charge is 0.348 e. The van der Waals surface area contributed by atoms with E-state index >= 15 is 0 Å². The van der Waals surface area contributed by atoms with Crippen LogP contribution in [-0.4, -0.2) is 17.7 Å². The summed E-state index contributed by atoms with van der Waals surface area (Å²) in [5, 5.41) is 3.90. The van der Waals surface area contributed by atoms with Crippen LogP contribution in [0, 0.1) is 5.82 Å². The van der Waals surface area contributed by atoms with Gasteiger partial charge in [0, 0.05) is 30.6 Å². The number of benzene rings is 1. The molecular formula is C13H17FN2. The summed E-state index contributed by atoms with van der Waals surface area (Å²) in [7, 11) is 3.92. The molecule has 1 unspecified atom stereocenters. The summed E-state index contributed by atoms with van der Waals surface area (Å²) in [5.74, 6) is -0.142. The number of rotatable bonds is 3. The number of nitrogens with one attached hydrogen (secondary N) is 1. The van der Waals surface area contributed by atoms with Crippen molar-refractivity contribution < 1.29 is 4.39 Å². The van der Waals surface area contributed by atoms with Crippen LogP contribution in [0.4, 0.5) is 4.39 Å².